The minimum atomic E-state index is -0.493. The molecule has 3 rings (SSSR count). The lowest BCUT2D eigenvalue weighted by Gasteiger charge is -2.14. The average molecular weight is 864 g/mol. The van der Waals surface area contributed by atoms with Crippen LogP contribution in [0.15, 0.2) is 85.5 Å². The molecule has 0 aliphatic heterocycles. The summed E-state index contributed by atoms with van der Waals surface area (Å²) in [5.41, 5.74) is 11.6. The lowest BCUT2D eigenvalue weighted by Crippen LogP contribution is -2.42. The summed E-state index contributed by atoms with van der Waals surface area (Å²) in [4.78, 5) is 76.5. The number of hydrogen-bond donors (Lipinski definition) is 9. The maximum atomic E-state index is 11.7. The number of pyridine rings is 1. The largest absolute Gasteiger partial charge is 0.465 e. The molecule has 0 spiro atoms. The Balaban J connectivity index is 0.000000466. The van der Waals surface area contributed by atoms with Gasteiger partial charge in [-0.3, -0.25) is 24.0 Å². The number of nitrogens with two attached hydrogens (primary N) is 1. The van der Waals surface area contributed by atoms with Crippen LogP contribution in [0.1, 0.15) is 49.9 Å². The molecule has 20 heteroatoms. The molecule has 0 atom stereocenters. The SMILES string of the molecule is C=C(C)Nc1cccc(CNC(=C)NCC(=O)OCC)c1.CCOC(=O)CNC(=O)NCc1c(C)cccc1NC(C)=O.CON(C)C(=O)CNC(=O)NCc1ccc(N)nc1. The van der Waals surface area contributed by atoms with Crippen LogP contribution in [0.2, 0.25) is 0 Å². The first-order valence-electron chi connectivity index (χ1n) is 19.4. The Morgan fingerprint density at radius 1 is 0.726 bits per heavy atom. The van der Waals surface area contributed by atoms with Crippen molar-refractivity contribution in [1.82, 2.24) is 41.9 Å². The number of nitrogen functional groups attached to an aromatic ring is 1. The highest BCUT2D eigenvalue weighted by Gasteiger charge is 2.11. The van der Waals surface area contributed by atoms with Crippen molar-refractivity contribution in [1.29, 1.82) is 0 Å². The number of urea groups is 2. The summed E-state index contributed by atoms with van der Waals surface area (Å²) in [6, 6.07) is 15.9. The summed E-state index contributed by atoms with van der Waals surface area (Å²) < 4.78 is 9.53. The van der Waals surface area contributed by atoms with Gasteiger partial charge in [0.1, 0.15) is 25.5 Å². The minimum Gasteiger partial charge on any atom is -0.465 e. The van der Waals surface area contributed by atoms with E-state index in [1.165, 1.54) is 21.1 Å². The summed E-state index contributed by atoms with van der Waals surface area (Å²) >= 11 is 0. The minimum absolute atomic E-state index is 0.108. The molecule has 0 aliphatic carbocycles. The van der Waals surface area contributed by atoms with Gasteiger partial charge < -0.3 is 57.7 Å². The fraction of sp³-hybridized carbons (Fsp3) is 0.357. The standard InChI is InChI=1S/C16H23N3O2.C15H21N3O4.C11H17N5O3/c1-5-21-16(20)11-18-13(4)17-10-14-7-6-8-15(9-14)19-12(2)3;1-4-22-14(20)9-17-15(21)16-8-12-10(2)6-5-7-13(12)18-11(3)19;1-16(19-2)10(17)7-15-11(18)14-6-8-3-4-9(12)13-5-8/h6-9,17-19H,2,4-5,10-11H2,1,3H3;5-7H,4,8-9H2,1-3H3,(H,18,19)(H2,16,17,21);3-5H,6-7H2,1-2H3,(H2,12,13)(H2,14,15,18). The Kier molecular flexibility index (Phi) is 25.3. The number of amides is 6. The number of nitrogens with one attached hydrogen (secondary N) is 8. The zero-order valence-electron chi connectivity index (χ0n) is 36.5. The molecule has 2 aromatic carbocycles. The molecule has 0 bridgehead atoms. The van der Waals surface area contributed by atoms with Crippen molar-refractivity contribution in [2.45, 2.75) is 54.3 Å². The number of likely N-dealkylation sites (N-methyl/N-ethyl adjacent to an activating group) is 1. The van der Waals surface area contributed by atoms with E-state index in [1.807, 2.05) is 50.2 Å². The maximum Gasteiger partial charge on any atom is 0.325 e. The van der Waals surface area contributed by atoms with Crippen molar-refractivity contribution in [3.63, 3.8) is 0 Å². The number of nitrogens with zero attached hydrogens (tertiary/aromatic N) is 2. The molecule has 0 saturated heterocycles. The van der Waals surface area contributed by atoms with Crippen molar-refractivity contribution >= 4 is 53.0 Å². The summed E-state index contributed by atoms with van der Waals surface area (Å²) in [7, 11) is 2.83. The quantitative estimate of drug-likeness (QED) is 0.0584. The molecule has 1 aromatic heterocycles. The number of esters is 2. The second-order valence-electron chi connectivity index (χ2n) is 12.9. The van der Waals surface area contributed by atoms with E-state index < -0.39 is 18.0 Å². The van der Waals surface area contributed by atoms with Gasteiger partial charge >= 0.3 is 24.0 Å². The molecule has 0 unspecified atom stereocenters. The molecular formula is C42H61N11O9. The monoisotopic (exact) mass is 863 g/mol. The van der Waals surface area contributed by atoms with Crippen molar-refractivity contribution in [2.24, 2.45) is 0 Å². The highest BCUT2D eigenvalue weighted by atomic mass is 16.7. The number of hydroxylamine groups is 2. The predicted octanol–water partition coefficient (Wildman–Crippen LogP) is 3.14. The van der Waals surface area contributed by atoms with E-state index in [0.717, 1.165) is 38.7 Å². The van der Waals surface area contributed by atoms with Gasteiger partial charge in [-0.1, -0.05) is 43.5 Å². The zero-order chi connectivity index (χ0) is 46.5. The fourth-order valence-electron chi connectivity index (χ4n) is 4.66. The molecule has 3 aromatic rings. The number of carbonyl (C=O) groups is 6. The Morgan fingerprint density at radius 3 is 1.90 bits per heavy atom. The van der Waals surface area contributed by atoms with Gasteiger partial charge in [0.2, 0.25) is 5.91 Å². The molecular weight excluding hydrogens is 803 g/mol. The van der Waals surface area contributed by atoms with Crippen LogP contribution in [0.3, 0.4) is 0 Å². The number of carbonyl (C=O) groups excluding carboxylic acids is 6. The average Bonchev–Trinajstić information content (AvgIpc) is 3.23. The Bertz CT molecular complexity index is 1940. The molecule has 10 N–H and O–H groups in total. The van der Waals surface area contributed by atoms with Gasteiger partial charge in [-0.05, 0) is 74.2 Å². The zero-order valence-corrected chi connectivity index (χ0v) is 36.5. The van der Waals surface area contributed by atoms with Crippen molar-refractivity contribution < 1.29 is 43.1 Å². The van der Waals surface area contributed by atoms with Crippen LogP contribution in [-0.4, -0.2) is 92.9 Å². The van der Waals surface area contributed by atoms with E-state index in [0.29, 0.717) is 37.0 Å². The first-order valence-corrected chi connectivity index (χ1v) is 19.4. The second kappa shape index (κ2) is 29.8. The van der Waals surface area contributed by atoms with Crippen LogP contribution in [0.4, 0.5) is 26.8 Å². The van der Waals surface area contributed by atoms with E-state index in [9.17, 15) is 28.8 Å². The van der Waals surface area contributed by atoms with Gasteiger partial charge in [-0.25, -0.2) is 19.6 Å². The van der Waals surface area contributed by atoms with Crippen molar-refractivity contribution in [3.05, 3.63) is 108 Å². The Hall–Kier alpha value is -7.35. The van der Waals surface area contributed by atoms with Gasteiger partial charge in [0.05, 0.1) is 26.1 Å². The fourth-order valence-corrected chi connectivity index (χ4v) is 4.66. The second-order valence-corrected chi connectivity index (χ2v) is 12.9. The highest BCUT2D eigenvalue weighted by Crippen LogP contribution is 2.19. The van der Waals surface area contributed by atoms with Crippen molar-refractivity contribution in [2.75, 3.05) is 63.4 Å². The van der Waals surface area contributed by atoms with E-state index >= 15 is 0 Å². The van der Waals surface area contributed by atoms with Gasteiger partial charge in [0, 0.05) is 56.9 Å². The number of aromatic nitrogens is 1. The third-order valence-electron chi connectivity index (χ3n) is 7.71. The number of rotatable bonds is 20. The van der Waals surface area contributed by atoms with Crippen LogP contribution in [0.25, 0.3) is 0 Å². The molecule has 0 fully saturated rings. The molecule has 6 amide bonds. The normalized spacial score (nSPS) is 9.73. The lowest BCUT2D eigenvalue weighted by molar-refractivity contribution is -0.167. The van der Waals surface area contributed by atoms with Crippen LogP contribution in [-0.2, 0) is 53.1 Å². The highest BCUT2D eigenvalue weighted by molar-refractivity contribution is 5.90. The van der Waals surface area contributed by atoms with Gasteiger partial charge in [0.25, 0.3) is 5.91 Å². The number of anilines is 3. The van der Waals surface area contributed by atoms with Crippen LogP contribution in [0, 0.1) is 6.92 Å². The molecule has 20 nitrogen and oxygen atoms in total. The Labute approximate surface area is 362 Å². The third-order valence-corrected chi connectivity index (χ3v) is 7.71. The number of allylic oxidation sites excluding steroid dienone is 1. The van der Waals surface area contributed by atoms with Gasteiger partial charge in [0.15, 0.2) is 0 Å². The first-order chi connectivity index (χ1) is 29.5. The number of aryl methyl sites for hydroxylation is 1. The molecule has 1 heterocycles. The van der Waals surface area contributed by atoms with Crippen LogP contribution >= 0.6 is 0 Å². The maximum absolute atomic E-state index is 11.7. The Morgan fingerprint density at radius 2 is 1.32 bits per heavy atom. The number of benzene rings is 2. The van der Waals surface area contributed by atoms with E-state index in [-0.39, 0.29) is 50.6 Å². The van der Waals surface area contributed by atoms with Crippen LogP contribution in [0.5, 0.6) is 0 Å². The summed E-state index contributed by atoms with van der Waals surface area (Å²) in [5.74, 6) is -0.325. The predicted molar refractivity (Wildman–Crippen MR) is 237 cm³/mol. The summed E-state index contributed by atoms with van der Waals surface area (Å²) in [5, 5.41) is 23.0. The summed E-state index contributed by atoms with van der Waals surface area (Å²) in [6.45, 7) is 17.9. The molecule has 0 saturated carbocycles. The van der Waals surface area contributed by atoms with E-state index in [1.54, 1.807) is 38.2 Å². The molecule has 0 radical (unpaired) electrons. The topological polar surface area (TPSA) is 268 Å². The van der Waals surface area contributed by atoms with Gasteiger partial charge in [-0.15, -0.1) is 0 Å². The van der Waals surface area contributed by atoms with Crippen LogP contribution < -0.4 is 48.3 Å². The summed E-state index contributed by atoms with van der Waals surface area (Å²) in [6.07, 6.45) is 1.57. The molecule has 338 valence electrons. The number of ether oxygens (including phenoxy) is 2. The smallest absolute Gasteiger partial charge is 0.325 e. The first kappa shape index (κ1) is 52.7. The van der Waals surface area contributed by atoms with Crippen molar-refractivity contribution in [3.8, 4) is 0 Å². The van der Waals surface area contributed by atoms with E-state index in [4.69, 9.17) is 15.2 Å². The molecule has 62 heavy (non-hydrogen) atoms. The molecule has 0 aliphatic rings. The van der Waals surface area contributed by atoms with Gasteiger partial charge in [-0.2, -0.15) is 0 Å². The third kappa shape index (κ3) is 23.9. The lowest BCUT2D eigenvalue weighted by atomic mass is 10.1. The van der Waals surface area contributed by atoms with E-state index in [2.05, 4.69) is 65.5 Å². The number of hydrogen-bond acceptors (Lipinski definition) is 14.